The number of hydrogen-bond acceptors (Lipinski definition) is 0. The molecule has 0 heterocycles. The summed E-state index contributed by atoms with van der Waals surface area (Å²) < 4.78 is 67.2. The van der Waals surface area contributed by atoms with Gasteiger partial charge in [0.05, 0.1) is 5.56 Å². The van der Waals surface area contributed by atoms with Crippen LogP contribution >= 0.6 is 0 Å². The standard InChI is InChI=1S/C22H17F5/c1-2-3-4-5-14-6-9-17(20(23)12-14)15-7-10-18-16(13-15)8-11-19(21(18)24)22(25,26)27/h2-3,6-13H,4-5H2,1H3/b3-2+. The zero-order valence-electron chi connectivity index (χ0n) is 14.6. The molecule has 0 amide bonds. The Bertz CT molecular complexity index is 999. The maximum absolute atomic E-state index is 14.5. The van der Waals surface area contributed by atoms with E-state index in [9.17, 15) is 22.0 Å². The van der Waals surface area contributed by atoms with Gasteiger partial charge in [-0.15, -0.1) is 0 Å². The summed E-state index contributed by atoms with van der Waals surface area (Å²) in [5.41, 5.74) is 0.363. The average molecular weight is 376 g/mol. The Balaban J connectivity index is 1.98. The van der Waals surface area contributed by atoms with Gasteiger partial charge in [0.1, 0.15) is 11.6 Å². The molecule has 3 rings (SSSR count). The number of fused-ring (bicyclic) bond motifs is 1. The topological polar surface area (TPSA) is 0 Å². The molecule has 0 bridgehead atoms. The SMILES string of the molecule is C/C=C/CCc1ccc(-c2ccc3c(F)c(C(F)(F)F)ccc3c2)c(F)c1. The van der Waals surface area contributed by atoms with Crippen LogP contribution in [0.2, 0.25) is 0 Å². The van der Waals surface area contributed by atoms with Crippen molar-refractivity contribution in [3.05, 3.63) is 83.4 Å². The van der Waals surface area contributed by atoms with Gasteiger partial charge in [-0.05, 0) is 54.5 Å². The third-order valence-corrected chi connectivity index (χ3v) is 4.44. The lowest BCUT2D eigenvalue weighted by atomic mass is 9.97. The minimum absolute atomic E-state index is 0.142. The van der Waals surface area contributed by atoms with Gasteiger partial charge in [0, 0.05) is 10.9 Å². The maximum Gasteiger partial charge on any atom is 0.419 e. The quantitative estimate of drug-likeness (QED) is 0.331. The first-order chi connectivity index (χ1) is 12.8. The third-order valence-electron chi connectivity index (χ3n) is 4.44. The lowest BCUT2D eigenvalue weighted by Gasteiger charge is -2.11. The fourth-order valence-electron chi connectivity index (χ4n) is 3.04. The molecule has 3 aromatic rings. The number of halogens is 5. The van der Waals surface area contributed by atoms with E-state index in [0.29, 0.717) is 23.6 Å². The van der Waals surface area contributed by atoms with E-state index in [1.165, 1.54) is 30.3 Å². The molecule has 27 heavy (non-hydrogen) atoms. The first-order valence-corrected chi connectivity index (χ1v) is 8.50. The Labute approximate surface area is 153 Å². The van der Waals surface area contributed by atoms with Crippen molar-refractivity contribution in [3.8, 4) is 11.1 Å². The van der Waals surface area contributed by atoms with Crippen molar-refractivity contribution in [2.45, 2.75) is 25.9 Å². The van der Waals surface area contributed by atoms with Gasteiger partial charge in [-0.25, -0.2) is 8.78 Å². The fourth-order valence-corrected chi connectivity index (χ4v) is 3.04. The van der Waals surface area contributed by atoms with Gasteiger partial charge < -0.3 is 0 Å². The van der Waals surface area contributed by atoms with Crippen LogP contribution in [0.3, 0.4) is 0 Å². The minimum atomic E-state index is -4.76. The van der Waals surface area contributed by atoms with Crippen LogP contribution < -0.4 is 0 Å². The predicted octanol–water partition coefficient (Wildman–Crippen LogP) is 7.31. The fraction of sp³-hybridized carbons (Fsp3) is 0.182. The van der Waals surface area contributed by atoms with Crippen LogP contribution in [0.5, 0.6) is 0 Å². The van der Waals surface area contributed by atoms with Gasteiger partial charge in [0.15, 0.2) is 0 Å². The number of aryl methyl sites for hydroxylation is 1. The van der Waals surface area contributed by atoms with Gasteiger partial charge in [-0.1, -0.05) is 42.5 Å². The zero-order valence-corrected chi connectivity index (χ0v) is 14.6. The Morgan fingerprint density at radius 2 is 1.70 bits per heavy atom. The van der Waals surface area contributed by atoms with Crippen LogP contribution in [-0.4, -0.2) is 0 Å². The van der Waals surface area contributed by atoms with Crippen molar-refractivity contribution in [1.29, 1.82) is 0 Å². The maximum atomic E-state index is 14.5. The molecule has 0 atom stereocenters. The van der Waals surface area contributed by atoms with E-state index in [2.05, 4.69) is 0 Å². The second kappa shape index (κ2) is 7.51. The predicted molar refractivity (Wildman–Crippen MR) is 97.4 cm³/mol. The average Bonchev–Trinajstić information content (AvgIpc) is 2.61. The molecular formula is C22H17F5. The number of rotatable bonds is 4. The van der Waals surface area contributed by atoms with Gasteiger partial charge in [-0.2, -0.15) is 13.2 Å². The van der Waals surface area contributed by atoms with Crippen molar-refractivity contribution in [1.82, 2.24) is 0 Å². The summed E-state index contributed by atoms with van der Waals surface area (Å²) in [5, 5.41) is 0.145. The van der Waals surface area contributed by atoms with Crippen LogP contribution in [0.1, 0.15) is 24.5 Å². The van der Waals surface area contributed by atoms with Crippen molar-refractivity contribution >= 4 is 10.8 Å². The smallest absolute Gasteiger partial charge is 0.206 e. The number of benzene rings is 3. The summed E-state index contributed by atoms with van der Waals surface area (Å²) in [6, 6.07) is 11.0. The monoisotopic (exact) mass is 376 g/mol. The summed E-state index contributed by atoms with van der Waals surface area (Å²) >= 11 is 0. The Kier molecular flexibility index (Phi) is 5.31. The van der Waals surface area contributed by atoms with Gasteiger partial charge in [-0.3, -0.25) is 0 Å². The molecule has 0 aliphatic rings. The first kappa shape index (κ1) is 19.1. The molecule has 0 saturated heterocycles. The van der Waals surface area contributed by atoms with Crippen molar-refractivity contribution in [2.75, 3.05) is 0 Å². The Hall–Kier alpha value is -2.69. The number of hydrogen-bond donors (Lipinski definition) is 0. The van der Waals surface area contributed by atoms with Crippen molar-refractivity contribution in [3.63, 3.8) is 0 Å². The molecule has 5 heteroatoms. The van der Waals surface area contributed by atoms with E-state index in [-0.39, 0.29) is 10.8 Å². The lowest BCUT2D eigenvalue weighted by Crippen LogP contribution is -2.08. The molecule has 0 spiro atoms. The molecule has 0 aliphatic carbocycles. The molecule has 0 fully saturated rings. The normalized spacial score (nSPS) is 12.2. The largest absolute Gasteiger partial charge is 0.419 e. The molecule has 0 aliphatic heterocycles. The lowest BCUT2D eigenvalue weighted by molar-refractivity contribution is -0.139. The Morgan fingerprint density at radius 1 is 0.926 bits per heavy atom. The van der Waals surface area contributed by atoms with Crippen LogP contribution in [0.25, 0.3) is 21.9 Å². The Morgan fingerprint density at radius 3 is 2.37 bits per heavy atom. The van der Waals surface area contributed by atoms with Crippen LogP contribution in [0, 0.1) is 11.6 Å². The number of alkyl halides is 3. The number of allylic oxidation sites excluding steroid dienone is 2. The molecule has 0 radical (unpaired) electrons. The highest BCUT2D eigenvalue weighted by Crippen LogP contribution is 2.36. The van der Waals surface area contributed by atoms with Gasteiger partial charge in [0.2, 0.25) is 0 Å². The summed E-state index contributed by atoms with van der Waals surface area (Å²) in [6.45, 7) is 1.92. The third kappa shape index (κ3) is 4.02. The van der Waals surface area contributed by atoms with Crippen LogP contribution in [-0.2, 0) is 12.6 Å². The van der Waals surface area contributed by atoms with E-state index < -0.39 is 23.4 Å². The molecule has 0 aromatic heterocycles. The second-order valence-electron chi connectivity index (χ2n) is 6.28. The molecule has 0 unspecified atom stereocenters. The molecular weight excluding hydrogens is 359 g/mol. The zero-order chi connectivity index (χ0) is 19.6. The molecule has 3 aromatic carbocycles. The highest BCUT2D eigenvalue weighted by molar-refractivity contribution is 5.88. The van der Waals surface area contributed by atoms with E-state index in [4.69, 9.17) is 0 Å². The second-order valence-corrected chi connectivity index (χ2v) is 6.28. The van der Waals surface area contributed by atoms with E-state index in [0.717, 1.165) is 12.0 Å². The minimum Gasteiger partial charge on any atom is -0.206 e. The van der Waals surface area contributed by atoms with E-state index in [1.54, 1.807) is 6.07 Å². The molecule has 0 N–H and O–H groups in total. The van der Waals surface area contributed by atoms with Gasteiger partial charge in [0.25, 0.3) is 0 Å². The highest BCUT2D eigenvalue weighted by atomic mass is 19.4. The van der Waals surface area contributed by atoms with Crippen molar-refractivity contribution in [2.24, 2.45) is 0 Å². The van der Waals surface area contributed by atoms with Crippen LogP contribution in [0.4, 0.5) is 22.0 Å². The van der Waals surface area contributed by atoms with Crippen molar-refractivity contribution < 1.29 is 22.0 Å². The summed E-state index contributed by atoms with van der Waals surface area (Å²) in [4.78, 5) is 0. The summed E-state index contributed by atoms with van der Waals surface area (Å²) in [7, 11) is 0. The van der Waals surface area contributed by atoms with E-state index in [1.807, 2.05) is 25.1 Å². The summed E-state index contributed by atoms with van der Waals surface area (Å²) in [5.74, 6) is -1.73. The molecule has 140 valence electrons. The van der Waals surface area contributed by atoms with E-state index >= 15 is 0 Å². The first-order valence-electron chi connectivity index (χ1n) is 8.50. The van der Waals surface area contributed by atoms with Gasteiger partial charge >= 0.3 is 6.18 Å². The molecule has 0 saturated carbocycles. The van der Waals surface area contributed by atoms with Crippen LogP contribution in [0.15, 0.2) is 60.7 Å². The highest BCUT2D eigenvalue weighted by Gasteiger charge is 2.34. The molecule has 0 nitrogen and oxygen atoms in total. The summed E-state index contributed by atoms with van der Waals surface area (Å²) in [6.07, 6.45) is 0.699.